The van der Waals surface area contributed by atoms with Gasteiger partial charge >= 0.3 is 0 Å². The predicted octanol–water partition coefficient (Wildman–Crippen LogP) is 2.99. The van der Waals surface area contributed by atoms with Gasteiger partial charge in [-0.2, -0.15) is 0 Å². The molecule has 3 rings (SSSR count). The molecule has 1 aliphatic heterocycles. The van der Waals surface area contributed by atoms with E-state index >= 15 is 0 Å². The van der Waals surface area contributed by atoms with Crippen molar-refractivity contribution in [2.75, 3.05) is 6.61 Å². The zero-order chi connectivity index (χ0) is 9.76. The van der Waals surface area contributed by atoms with Crippen LogP contribution in [0.4, 0.5) is 0 Å². The maximum atomic E-state index is 5.70. The van der Waals surface area contributed by atoms with E-state index in [9.17, 15) is 0 Å². The van der Waals surface area contributed by atoms with Crippen LogP contribution in [0, 0.1) is 11.8 Å². The summed E-state index contributed by atoms with van der Waals surface area (Å²) in [4.78, 5) is 0. The molecule has 0 N–H and O–H groups in total. The lowest BCUT2D eigenvalue weighted by Gasteiger charge is -2.27. The van der Waals surface area contributed by atoms with E-state index in [2.05, 4.69) is 38.1 Å². The lowest BCUT2D eigenvalue weighted by atomic mass is 9.86. The second-order valence-corrected chi connectivity index (χ2v) is 4.71. The summed E-state index contributed by atoms with van der Waals surface area (Å²) in [7, 11) is 0. The second kappa shape index (κ2) is 2.53. The van der Waals surface area contributed by atoms with Crippen molar-refractivity contribution in [3.05, 3.63) is 29.8 Å². The van der Waals surface area contributed by atoms with Crippen molar-refractivity contribution in [2.24, 2.45) is 11.8 Å². The highest BCUT2D eigenvalue weighted by Gasteiger charge is 2.61. The van der Waals surface area contributed by atoms with Crippen molar-refractivity contribution in [1.82, 2.24) is 0 Å². The van der Waals surface area contributed by atoms with Crippen LogP contribution in [0.5, 0.6) is 5.75 Å². The SMILES string of the molecule is CC1C(C)C12CCOc1ccccc12. The van der Waals surface area contributed by atoms with Crippen molar-refractivity contribution in [1.29, 1.82) is 0 Å². The van der Waals surface area contributed by atoms with Crippen molar-refractivity contribution in [3.63, 3.8) is 0 Å². The van der Waals surface area contributed by atoms with E-state index in [1.54, 1.807) is 0 Å². The smallest absolute Gasteiger partial charge is 0.123 e. The molecule has 1 nitrogen and oxygen atoms in total. The molecule has 0 radical (unpaired) electrons. The minimum absolute atomic E-state index is 0.453. The number of benzene rings is 1. The molecule has 1 aliphatic carbocycles. The largest absolute Gasteiger partial charge is 0.493 e. The summed E-state index contributed by atoms with van der Waals surface area (Å²) in [6.45, 7) is 5.63. The summed E-state index contributed by atoms with van der Waals surface area (Å²) >= 11 is 0. The Kier molecular flexibility index (Phi) is 1.51. The first-order valence-corrected chi connectivity index (χ1v) is 5.49. The molecular formula is C13H16O. The van der Waals surface area contributed by atoms with Gasteiger partial charge in [-0.25, -0.2) is 0 Å². The third kappa shape index (κ3) is 0.807. The van der Waals surface area contributed by atoms with Crippen LogP contribution >= 0.6 is 0 Å². The van der Waals surface area contributed by atoms with E-state index in [0.717, 1.165) is 24.2 Å². The molecule has 0 saturated heterocycles. The molecule has 0 bridgehead atoms. The van der Waals surface area contributed by atoms with Gasteiger partial charge in [0.2, 0.25) is 0 Å². The zero-order valence-corrected chi connectivity index (χ0v) is 8.79. The summed E-state index contributed by atoms with van der Waals surface area (Å²) in [6.07, 6.45) is 1.20. The number of ether oxygens (including phenoxy) is 1. The maximum Gasteiger partial charge on any atom is 0.123 e. The van der Waals surface area contributed by atoms with Crippen LogP contribution in [-0.2, 0) is 5.41 Å². The molecule has 74 valence electrons. The first kappa shape index (κ1) is 8.34. The number of rotatable bonds is 0. The van der Waals surface area contributed by atoms with E-state index in [4.69, 9.17) is 4.74 Å². The van der Waals surface area contributed by atoms with Gasteiger partial charge in [0, 0.05) is 11.0 Å². The average molecular weight is 188 g/mol. The van der Waals surface area contributed by atoms with Crippen LogP contribution in [0.25, 0.3) is 0 Å². The Morgan fingerprint density at radius 2 is 1.93 bits per heavy atom. The number of para-hydroxylation sites is 1. The summed E-state index contributed by atoms with van der Waals surface area (Å²) in [5, 5.41) is 0. The van der Waals surface area contributed by atoms with Crippen LogP contribution in [-0.4, -0.2) is 6.61 Å². The molecule has 1 spiro atoms. The minimum Gasteiger partial charge on any atom is -0.493 e. The summed E-state index contributed by atoms with van der Waals surface area (Å²) in [5.74, 6) is 2.77. The summed E-state index contributed by atoms with van der Waals surface area (Å²) in [6, 6.07) is 8.55. The Morgan fingerprint density at radius 1 is 1.21 bits per heavy atom. The van der Waals surface area contributed by atoms with Gasteiger partial charge in [-0.15, -0.1) is 0 Å². The Labute approximate surface area is 85.1 Å². The molecule has 2 aliphatic rings. The van der Waals surface area contributed by atoms with Crippen molar-refractivity contribution in [3.8, 4) is 5.75 Å². The third-order valence-corrected chi connectivity index (χ3v) is 4.43. The second-order valence-electron chi connectivity index (χ2n) is 4.71. The Hall–Kier alpha value is -0.980. The molecule has 1 aromatic carbocycles. The number of hydrogen-bond donors (Lipinski definition) is 0. The highest BCUT2D eigenvalue weighted by Crippen LogP contribution is 2.64. The highest BCUT2D eigenvalue weighted by molar-refractivity contribution is 5.47. The molecule has 0 amide bonds. The fraction of sp³-hybridized carbons (Fsp3) is 0.538. The first-order chi connectivity index (χ1) is 6.77. The number of hydrogen-bond acceptors (Lipinski definition) is 1. The Balaban J connectivity index is 2.13. The van der Waals surface area contributed by atoms with Crippen molar-refractivity contribution in [2.45, 2.75) is 25.7 Å². The van der Waals surface area contributed by atoms with Gasteiger partial charge in [0.05, 0.1) is 6.61 Å². The Morgan fingerprint density at radius 3 is 2.64 bits per heavy atom. The van der Waals surface area contributed by atoms with Gasteiger partial charge in [0.25, 0.3) is 0 Å². The molecule has 1 heteroatoms. The Bertz CT molecular complexity index is 361. The lowest BCUT2D eigenvalue weighted by Crippen LogP contribution is -2.22. The van der Waals surface area contributed by atoms with Gasteiger partial charge in [-0.1, -0.05) is 32.0 Å². The van der Waals surface area contributed by atoms with Crippen molar-refractivity contribution < 1.29 is 4.74 Å². The molecule has 2 atom stereocenters. The monoisotopic (exact) mass is 188 g/mol. The molecule has 2 unspecified atom stereocenters. The maximum absolute atomic E-state index is 5.70. The molecule has 0 aromatic heterocycles. The molecule has 1 aromatic rings. The van der Waals surface area contributed by atoms with E-state index < -0.39 is 0 Å². The highest BCUT2D eigenvalue weighted by atomic mass is 16.5. The van der Waals surface area contributed by atoms with E-state index in [-0.39, 0.29) is 0 Å². The van der Waals surface area contributed by atoms with Gasteiger partial charge in [0.15, 0.2) is 0 Å². The molecule has 1 saturated carbocycles. The third-order valence-electron chi connectivity index (χ3n) is 4.43. The van der Waals surface area contributed by atoms with Gasteiger partial charge in [-0.3, -0.25) is 0 Å². The lowest BCUT2D eigenvalue weighted by molar-refractivity contribution is 0.250. The zero-order valence-electron chi connectivity index (χ0n) is 8.79. The van der Waals surface area contributed by atoms with E-state index in [0.29, 0.717) is 5.41 Å². The minimum atomic E-state index is 0.453. The molecular weight excluding hydrogens is 172 g/mol. The molecule has 1 heterocycles. The fourth-order valence-corrected chi connectivity index (χ4v) is 3.25. The standard InChI is InChI=1S/C13H16O/c1-9-10(2)13(9)7-8-14-12-6-4-3-5-11(12)13/h3-6,9-10H,7-8H2,1-2H3. The first-order valence-electron chi connectivity index (χ1n) is 5.49. The van der Waals surface area contributed by atoms with Gasteiger partial charge in [0.1, 0.15) is 5.75 Å². The predicted molar refractivity (Wildman–Crippen MR) is 56.6 cm³/mol. The fourth-order valence-electron chi connectivity index (χ4n) is 3.25. The topological polar surface area (TPSA) is 9.23 Å². The van der Waals surface area contributed by atoms with Crippen LogP contribution < -0.4 is 4.74 Å². The van der Waals surface area contributed by atoms with Gasteiger partial charge in [-0.05, 0) is 24.3 Å². The van der Waals surface area contributed by atoms with E-state index in [1.807, 2.05) is 0 Å². The van der Waals surface area contributed by atoms with Gasteiger partial charge < -0.3 is 4.74 Å². The average Bonchev–Trinajstić information content (AvgIpc) is 2.73. The van der Waals surface area contributed by atoms with Crippen LogP contribution in [0.2, 0.25) is 0 Å². The van der Waals surface area contributed by atoms with E-state index in [1.165, 1.54) is 12.0 Å². The van der Waals surface area contributed by atoms with Crippen LogP contribution in [0.3, 0.4) is 0 Å². The quantitative estimate of drug-likeness (QED) is 0.608. The summed E-state index contributed by atoms with van der Waals surface area (Å²) in [5.41, 5.74) is 1.90. The van der Waals surface area contributed by atoms with Crippen LogP contribution in [0.1, 0.15) is 25.8 Å². The van der Waals surface area contributed by atoms with Crippen molar-refractivity contribution >= 4 is 0 Å². The molecule has 14 heavy (non-hydrogen) atoms. The van der Waals surface area contributed by atoms with Crippen LogP contribution in [0.15, 0.2) is 24.3 Å². The molecule has 1 fully saturated rings. The number of fused-ring (bicyclic) bond motifs is 2. The normalized spacial score (nSPS) is 39.0. The summed E-state index contributed by atoms with van der Waals surface area (Å²) < 4.78 is 5.70.